The summed E-state index contributed by atoms with van der Waals surface area (Å²) in [5.74, 6) is 1.10. The van der Waals surface area contributed by atoms with Crippen molar-refractivity contribution in [2.45, 2.75) is 0 Å². The van der Waals surface area contributed by atoms with Crippen molar-refractivity contribution < 1.29 is 4.52 Å². The number of nitrogen functional groups attached to an aromatic ring is 1. The van der Waals surface area contributed by atoms with Gasteiger partial charge in [-0.25, -0.2) is 4.98 Å². The van der Waals surface area contributed by atoms with Gasteiger partial charge in [0, 0.05) is 10.7 Å². The zero-order chi connectivity index (χ0) is 13.2. The smallest absolute Gasteiger partial charge is 0.276 e. The zero-order valence-corrected chi connectivity index (χ0v) is 11.2. The van der Waals surface area contributed by atoms with E-state index in [1.54, 1.807) is 24.4 Å². The van der Waals surface area contributed by atoms with Crippen LogP contribution < -0.4 is 5.73 Å². The quantitative estimate of drug-likeness (QED) is 0.781. The number of halogens is 1. The first-order valence-corrected chi connectivity index (χ1v) is 6.21. The second kappa shape index (κ2) is 4.77. The Morgan fingerprint density at radius 2 is 2.00 bits per heavy atom. The van der Waals surface area contributed by atoms with Crippen molar-refractivity contribution in [1.82, 2.24) is 20.1 Å². The molecule has 94 valence electrons. The lowest BCUT2D eigenvalue weighted by Gasteiger charge is -1.96. The Morgan fingerprint density at radius 3 is 2.79 bits per heavy atom. The molecule has 3 aromatic heterocycles. The van der Waals surface area contributed by atoms with Crippen molar-refractivity contribution in [3.05, 3.63) is 41.0 Å². The number of hydrogen-bond donors (Lipinski definition) is 1. The van der Waals surface area contributed by atoms with Crippen molar-refractivity contribution in [3.8, 4) is 23.1 Å². The number of anilines is 1. The third-order valence-corrected chi connectivity index (χ3v) is 3.03. The number of nitrogens with two attached hydrogens (primary N) is 1. The monoisotopic (exact) mass is 317 g/mol. The van der Waals surface area contributed by atoms with Gasteiger partial charge in [-0.2, -0.15) is 4.98 Å². The molecule has 0 aliphatic rings. The maximum Gasteiger partial charge on any atom is 0.276 e. The molecular weight excluding hydrogens is 310 g/mol. The predicted octanol–water partition coefficient (Wildman–Crippen LogP) is 2.54. The first-order valence-electron chi connectivity index (χ1n) is 5.41. The maximum absolute atomic E-state index is 5.62. The van der Waals surface area contributed by atoms with Gasteiger partial charge >= 0.3 is 0 Å². The molecular formula is C12H8BrN5O. The molecule has 7 heteroatoms. The average molecular weight is 318 g/mol. The number of rotatable bonds is 2. The Balaban J connectivity index is 2.03. The predicted molar refractivity (Wildman–Crippen MR) is 72.9 cm³/mol. The topological polar surface area (TPSA) is 90.7 Å². The molecule has 6 nitrogen and oxygen atoms in total. The highest BCUT2D eigenvalue weighted by molar-refractivity contribution is 9.10. The highest BCUT2D eigenvalue weighted by Gasteiger charge is 2.14. The second-order valence-corrected chi connectivity index (χ2v) is 4.56. The van der Waals surface area contributed by atoms with Crippen LogP contribution in [0.15, 0.2) is 45.5 Å². The van der Waals surface area contributed by atoms with E-state index in [9.17, 15) is 0 Å². The second-order valence-electron chi connectivity index (χ2n) is 3.70. The minimum atomic E-state index is 0.305. The first kappa shape index (κ1) is 11.8. The first-order chi connectivity index (χ1) is 9.24. The van der Waals surface area contributed by atoms with Crippen LogP contribution in [-0.2, 0) is 0 Å². The van der Waals surface area contributed by atoms with Crippen molar-refractivity contribution in [2.24, 2.45) is 0 Å². The van der Waals surface area contributed by atoms with E-state index in [2.05, 4.69) is 36.0 Å². The van der Waals surface area contributed by atoms with E-state index in [-0.39, 0.29) is 0 Å². The zero-order valence-electron chi connectivity index (χ0n) is 9.62. The van der Waals surface area contributed by atoms with Crippen LogP contribution >= 0.6 is 15.9 Å². The number of pyridine rings is 2. The van der Waals surface area contributed by atoms with Crippen LogP contribution in [0, 0.1) is 0 Å². The summed E-state index contributed by atoms with van der Waals surface area (Å²) >= 11 is 3.39. The molecule has 0 saturated heterocycles. The summed E-state index contributed by atoms with van der Waals surface area (Å²) in [7, 11) is 0. The molecule has 3 rings (SSSR count). The van der Waals surface area contributed by atoms with Crippen LogP contribution in [-0.4, -0.2) is 20.1 Å². The Hall–Kier alpha value is -2.28. The van der Waals surface area contributed by atoms with Crippen LogP contribution in [0.1, 0.15) is 0 Å². The van der Waals surface area contributed by atoms with Crippen LogP contribution in [0.4, 0.5) is 5.82 Å². The summed E-state index contributed by atoms with van der Waals surface area (Å²) in [5.41, 5.74) is 6.76. The molecule has 0 atom stereocenters. The minimum Gasteiger partial charge on any atom is -0.384 e. The van der Waals surface area contributed by atoms with Gasteiger partial charge in [-0.3, -0.25) is 4.98 Å². The van der Waals surface area contributed by atoms with Crippen LogP contribution in [0.3, 0.4) is 0 Å². The van der Waals surface area contributed by atoms with E-state index < -0.39 is 0 Å². The molecule has 0 saturated carbocycles. The lowest BCUT2D eigenvalue weighted by Crippen LogP contribution is -1.91. The summed E-state index contributed by atoms with van der Waals surface area (Å²) in [5, 5.41) is 3.89. The molecule has 3 heterocycles. The van der Waals surface area contributed by atoms with Gasteiger partial charge in [0.2, 0.25) is 5.82 Å². The Bertz CT molecular complexity index is 727. The SMILES string of the molecule is Nc1cccc(-c2nc(-c3ncccc3Br)no2)n1. The van der Waals surface area contributed by atoms with Gasteiger partial charge in [0.15, 0.2) is 0 Å². The minimum absolute atomic E-state index is 0.305. The van der Waals surface area contributed by atoms with Gasteiger partial charge < -0.3 is 10.3 Å². The molecule has 0 aliphatic heterocycles. The Morgan fingerprint density at radius 1 is 1.11 bits per heavy atom. The number of aromatic nitrogens is 4. The third-order valence-electron chi connectivity index (χ3n) is 2.39. The van der Waals surface area contributed by atoms with Crippen LogP contribution in [0.5, 0.6) is 0 Å². The molecule has 2 N–H and O–H groups in total. The van der Waals surface area contributed by atoms with E-state index in [4.69, 9.17) is 10.3 Å². The van der Waals surface area contributed by atoms with Gasteiger partial charge in [-0.15, -0.1) is 0 Å². The fourth-order valence-electron chi connectivity index (χ4n) is 1.54. The van der Waals surface area contributed by atoms with Crippen molar-refractivity contribution in [3.63, 3.8) is 0 Å². The van der Waals surface area contributed by atoms with E-state index in [1.807, 2.05) is 12.1 Å². The largest absolute Gasteiger partial charge is 0.384 e. The maximum atomic E-state index is 5.62. The molecule has 0 radical (unpaired) electrons. The summed E-state index contributed by atoms with van der Waals surface area (Å²) in [6, 6.07) is 8.89. The lowest BCUT2D eigenvalue weighted by molar-refractivity contribution is 0.431. The lowest BCUT2D eigenvalue weighted by atomic mass is 10.3. The van der Waals surface area contributed by atoms with E-state index in [0.29, 0.717) is 28.9 Å². The van der Waals surface area contributed by atoms with E-state index >= 15 is 0 Å². The van der Waals surface area contributed by atoms with Gasteiger partial charge in [0.1, 0.15) is 17.2 Å². The molecule has 0 unspecified atom stereocenters. The highest BCUT2D eigenvalue weighted by atomic mass is 79.9. The fourth-order valence-corrected chi connectivity index (χ4v) is 1.98. The number of hydrogen-bond acceptors (Lipinski definition) is 6. The van der Waals surface area contributed by atoms with Crippen LogP contribution in [0.25, 0.3) is 23.1 Å². The standard InChI is InChI=1S/C12H8BrN5O/c13-7-3-2-6-15-10(7)11-17-12(19-18-11)8-4-1-5-9(14)16-8/h1-6H,(H2,14,16). The van der Waals surface area contributed by atoms with E-state index in [1.165, 1.54) is 0 Å². The van der Waals surface area contributed by atoms with Gasteiger partial charge in [-0.05, 0) is 40.2 Å². The van der Waals surface area contributed by atoms with Crippen LogP contribution in [0.2, 0.25) is 0 Å². The van der Waals surface area contributed by atoms with Crippen molar-refractivity contribution >= 4 is 21.7 Å². The Kier molecular flexibility index (Phi) is 2.96. The van der Waals surface area contributed by atoms with Crippen molar-refractivity contribution in [1.29, 1.82) is 0 Å². The van der Waals surface area contributed by atoms with Gasteiger partial charge in [0.05, 0.1) is 0 Å². The molecule has 0 aliphatic carbocycles. The molecule has 0 aromatic carbocycles. The van der Waals surface area contributed by atoms with Gasteiger partial charge in [0.25, 0.3) is 5.89 Å². The van der Waals surface area contributed by atoms with E-state index in [0.717, 1.165) is 4.47 Å². The molecule has 19 heavy (non-hydrogen) atoms. The number of nitrogens with zero attached hydrogens (tertiary/aromatic N) is 4. The summed E-state index contributed by atoms with van der Waals surface area (Å²) < 4.78 is 5.97. The Labute approximate surface area is 116 Å². The molecule has 3 aromatic rings. The molecule has 0 bridgehead atoms. The summed E-state index contributed by atoms with van der Waals surface area (Å²) in [6.45, 7) is 0. The molecule has 0 fully saturated rings. The molecule has 0 amide bonds. The van der Waals surface area contributed by atoms with Gasteiger partial charge in [-0.1, -0.05) is 11.2 Å². The summed E-state index contributed by atoms with van der Waals surface area (Å²) in [4.78, 5) is 12.6. The average Bonchev–Trinajstić information content (AvgIpc) is 2.89. The normalized spacial score (nSPS) is 10.6. The molecule has 0 spiro atoms. The fraction of sp³-hybridized carbons (Fsp3) is 0. The van der Waals surface area contributed by atoms with Crippen molar-refractivity contribution in [2.75, 3.05) is 5.73 Å². The highest BCUT2D eigenvalue weighted by Crippen LogP contribution is 2.25. The summed E-state index contributed by atoms with van der Waals surface area (Å²) in [6.07, 6.45) is 1.66. The third kappa shape index (κ3) is 2.32.